The number of nitrogens with one attached hydrogen (secondary N) is 1. The lowest BCUT2D eigenvalue weighted by atomic mass is 10.2. The molecule has 1 N–H and O–H groups in total. The lowest BCUT2D eigenvalue weighted by Gasteiger charge is -2.08. The standard InChI is InChI=1S/C17H14N4S/c1-2-5-13(6-3-1)11-19-17-16(14-7-4-10-22-14)20-15-12-18-8-9-21(15)17/h1-10,12,19H,11H2. The summed E-state index contributed by atoms with van der Waals surface area (Å²) in [6, 6.07) is 14.5. The van der Waals surface area contributed by atoms with E-state index in [1.54, 1.807) is 23.7 Å². The van der Waals surface area contributed by atoms with E-state index in [0.29, 0.717) is 0 Å². The highest BCUT2D eigenvalue weighted by molar-refractivity contribution is 7.13. The first-order valence-electron chi connectivity index (χ1n) is 7.05. The molecule has 3 aromatic heterocycles. The predicted octanol–water partition coefficient (Wildman–Crippen LogP) is 4.07. The van der Waals surface area contributed by atoms with E-state index in [1.807, 2.05) is 22.7 Å². The number of rotatable bonds is 4. The molecule has 0 saturated heterocycles. The number of nitrogens with zero attached hydrogens (tertiary/aromatic N) is 3. The number of anilines is 1. The molecule has 4 aromatic rings. The van der Waals surface area contributed by atoms with Crippen LogP contribution >= 0.6 is 11.3 Å². The van der Waals surface area contributed by atoms with Crippen LogP contribution in [0.25, 0.3) is 16.2 Å². The third-order valence-electron chi connectivity index (χ3n) is 3.49. The Balaban J connectivity index is 1.76. The molecule has 4 rings (SSSR count). The molecular formula is C17H14N4S. The van der Waals surface area contributed by atoms with Crippen LogP contribution in [0.2, 0.25) is 0 Å². The second-order valence-electron chi connectivity index (χ2n) is 4.93. The fourth-order valence-electron chi connectivity index (χ4n) is 2.44. The molecule has 3 heterocycles. The predicted molar refractivity (Wildman–Crippen MR) is 90.1 cm³/mol. The number of thiophene rings is 1. The van der Waals surface area contributed by atoms with Gasteiger partial charge in [-0.3, -0.25) is 9.38 Å². The van der Waals surface area contributed by atoms with Crippen molar-refractivity contribution in [2.45, 2.75) is 6.54 Å². The zero-order valence-electron chi connectivity index (χ0n) is 11.8. The molecular weight excluding hydrogens is 292 g/mol. The maximum Gasteiger partial charge on any atom is 0.157 e. The molecule has 0 atom stereocenters. The van der Waals surface area contributed by atoms with Gasteiger partial charge in [-0.2, -0.15) is 0 Å². The van der Waals surface area contributed by atoms with Crippen molar-refractivity contribution in [2.24, 2.45) is 0 Å². The van der Waals surface area contributed by atoms with Crippen LogP contribution in [0.4, 0.5) is 5.82 Å². The molecule has 4 nitrogen and oxygen atoms in total. The summed E-state index contributed by atoms with van der Waals surface area (Å²) in [7, 11) is 0. The highest BCUT2D eigenvalue weighted by Crippen LogP contribution is 2.31. The van der Waals surface area contributed by atoms with Crippen LogP contribution in [0.5, 0.6) is 0 Å². The fourth-order valence-corrected chi connectivity index (χ4v) is 3.16. The second-order valence-corrected chi connectivity index (χ2v) is 5.88. The summed E-state index contributed by atoms with van der Waals surface area (Å²) in [5.74, 6) is 1.00. The first-order chi connectivity index (χ1) is 10.9. The van der Waals surface area contributed by atoms with E-state index in [1.165, 1.54) is 5.56 Å². The number of hydrogen-bond acceptors (Lipinski definition) is 4. The van der Waals surface area contributed by atoms with Crippen molar-refractivity contribution < 1.29 is 0 Å². The van der Waals surface area contributed by atoms with Gasteiger partial charge in [-0.15, -0.1) is 11.3 Å². The van der Waals surface area contributed by atoms with Crippen LogP contribution < -0.4 is 5.32 Å². The van der Waals surface area contributed by atoms with Crippen LogP contribution in [0, 0.1) is 0 Å². The van der Waals surface area contributed by atoms with Gasteiger partial charge in [0, 0.05) is 18.9 Å². The van der Waals surface area contributed by atoms with Gasteiger partial charge >= 0.3 is 0 Å². The first-order valence-corrected chi connectivity index (χ1v) is 7.93. The van der Waals surface area contributed by atoms with Crippen molar-refractivity contribution in [3.63, 3.8) is 0 Å². The largest absolute Gasteiger partial charge is 0.365 e. The number of aromatic nitrogens is 3. The maximum atomic E-state index is 4.72. The summed E-state index contributed by atoms with van der Waals surface area (Å²) in [5.41, 5.74) is 3.06. The lowest BCUT2D eigenvalue weighted by Crippen LogP contribution is -2.03. The molecule has 22 heavy (non-hydrogen) atoms. The summed E-state index contributed by atoms with van der Waals surface area (Å²) in [6.45, 7) is 0.759. The van der Waals surface area contributed by atoms with Crippen molar-refractivity contribution in [2.75, 3.05) is 5.32 Å². The summed E-state index contributed by atoms with van der Waals surface area (Å²) in [6.07, 6.45) is 5.50. The maximum absolute atomic E-state index is 4.72. The minimum absolute atomic E-state index is 0.759. The van der Waals surface area contributed by atoms with Gasteiger partial charge in [0.15, 0.2) is 5.65 Å². The van der Waals surface area contributed by atoms with Crippen molar-refractivity contribution in [3.05, 3.63) is 72.0 Å². The zero-order valence-corrected chi connectivity index (χ0v) is 12.6. The topological polar surface area (TPSA) is 42.2 Å². The van der Waals surface area contributed by atoms with Gasteiger partial charge in [-0.1, -0.05) is 36.4 Å². The van der Waals surface area contributed by atoms with Crippen molar-refractivity contribution in [1.82, 2.24) is 14.4 Å². The van der Waals surface area contributed by atoms with Crippen LogP contribution in [0.3, 0.4) is 0 Å². The van der Waals surface area contributed by atoms with Gasteiger partial charge in [0.1, 0.15) is 11.5 Å². The SMILES string of the molecule is c1ccc(CNc2c(-c3cccs3)nc3cnccn23)cc1. The lowest BCUT2D eigenvalue weighted by molar-refractivity contribution is 1.07. The molecule has 0 radical (unpaired) electrons. The van der Waals surface area contributed by atoms with E-state index in [4.69, 9.17) is 4.98 Å². The summed E-state index contributed by atoms with van der Waals surface area (Å²) in [4.78, 5) is 10.0. The number of hydrogen-bond donors (Lipinski definition) is 1. The monoisotopic (exact) mass is 306 g/mol. The van der Waals surface area contributed by atoms with Gasteiger partial charge in [0.05, 0.1) is 11.1 Å². The van der Waals surface area contributed by atoms with Crippen LogP contribution in [0.1, 0.15) is 5.56 Å². The Bertz CT molecular complexity index is 882. The van der Waals surface area contributed by atoms with Gasteiger partial charge in [-0.05, 0) is 17.0 Å². The smallest absolute Gasteiger partial charge is 0.157 e. The van der Waals surface area contributed by atoms with Gasteiger partial charge < -0.3 is 5.32 Å². The van der Waals surface area contributed by atoms with E-state index < -0.39 is 0 Å². The third kappa shape index (κ3) is 2.35. The Kier molecular flexibility index (Phi) is 3.33. The number of benzene rings is 1. The second kappa shape index (κ2) is 5.61. The normalized spacial score (nSPS) is 10.9. The minimum atomic E-state index is 0.759. The van der Waals surface area contributed by atoms with Gasteiger partial charge in [-0.25, -0.2) is 4.98 Å². The quantitative estimate of drug-likeness (QED) is 0.618. The van der Waals surface area contributed by atoms with E-state index in [-0.39, 0.29) is 0 Å². The zero-order chi connectivity index (χ0) is 14.8. The molecule has 0 spiro atoms. The molecule has 1 aromatic carbocycles. The summed E-state index contributed by atoms with van der Waals surface area (Å²) >= 11 is 1.69. The summed E-state index contributed by atoms with van der Waals surface area (Å²) < 4.78 is 2.05. The van der Waals surface area contributed by atoms with E-state index >= 15 is 0 Å². The van der Waals surface area contributed by atoms with Gasteiger partial charge in [0.25, 0.3) is 0 Å². The highest BCUT2D eigenvalue weighted by atomic mass is 32.1. The molecule has 5 heteroatoms. The third-order valence-corrected chi connectivity index (χ3v) is 4.36. The molecule has 0 aliphatic heterocycles. The molecule has 0 aliphatic rings. The minimum Gasteiger partial charge on any atom is -0.365 e. The Labute approximate surface area is 132 Å². The number of fused-ring (bicyclic) bond motifs is 1. The fraction of sp³-hybridized carbons (Fsp3) is 0.0588. The Morgan fingerprint density at radius 2 is 2.00 bits per heavy atom. The molecule has 0 unspecified atom stereocenters. The van der Waals surface area contributed by atoms with E-state index in [2.05, 4.69) is 46.0 Å². The molecule has 0 aliphatic carbocycles. The van der Waals surface area contributed by atoms with E-state index in [0.717, 1.165) is 28.6 Å². The molecule has 0 amide bonds. The molecule has 0 bridgehead atoms. The van der Waals surface area contributed by atoms with Crippen molar-refractivity contribution in [1.29, 1.82) is 0 Å². The Hall–Kier alpha value is -2.66. The molecule has 0 fully saturated rings. The number of imidazole rings is 1. The van der Waals surface area contributed by atoms with Crippen LogP contribution in [0.15, 0.2) is 66.4 Å². The molecule has 108 valence electrons. The average Bonchev–Trinajstić information content (AvgIpc) is 3.21. The van der Waals surface area contributed by atoms with E-state index in [9.17, 15) is 0 Å². The Morgan fingerprint density at radius 1 is 1.09 bits per heavy atom. The van der Waals surface area contributed by atoms with Crippen LogP contribution in [-0.2, 0) is 6.54 Å². The average molecular weight is 306 g/mol. The first kappa shape index (κ1) is 13.0. The van der Waals surface area contributed by atoms with Crippen molar-refractivity contribution >= 4 is 22.8 Å². The van der Waals surface area contributed by atoms with Crippen molar-refractivity contribution in [3.8, 4) is 10.6 Å². The summed E-state index contributed by atoms with van der Waals surface area (Å²) in [5, 5.41) is 5.59. The van der Waals surface area contributed by atoms with Gasteiger partial charge in [0.2, 0.25) is 0 Å². The highest BCUT2D eigenvalue weighted by Gasteiger charge is 2.14. The van der Waals surface area contributed by atoms with Crippen LogP contribution in [-0.4, -0.2) is 14.4 Å². The molecule has 0 saturated carbocycles. The Morgan fingerprint density at radius 3 is 2.82 bits per heavy atom.